The first-order chi connectivity index (χ1) is 9.04. The minimum Gasteiger partial charge on any atom is -0.480 e. The van der Waals surface area contributed by atoms with Crippen molar-refractivity contribution in [3.05, 3.63) is 0 Å². The van der Waals surface area contributed by atoms with Gasteiger partial charge in [0, 0.05) is 32.2 Å². The van der Waals surface area contributed by atoms with Crippen LogP contribution in [-0.2, 0) is 4.79 Å². The molecule has 19 heavy (non-hydrogen) atoms. The molecule has 2 amide bonds. The van der Waals surface area contributed by atoms with Crippen LogP contribution >= 0.6 is 0 Å². The number of carboxylic acids is 1. The second-order valence-electron chi connectivity index (χ2n) is 5.40. The molecule has 0 aliphatic carbocycles. The second kappa shape index (κ2) is 5.77. The smallest absolute Gasteiger partial charge is 0.326 e. The molecular formula is C13H23N3O3. The van der Waals surface area contributed by atoms with Crippen LogP contribution in [0.1, 0.15) is 26.7 Å². The van der Waals surface area contributed by atoms with Crippen LogP contribution in [0.3, 0.4) is 0 Å². The van der Waals surface area contributed by atoms with E-state index in [-0.39, 0.29) is 6.03 Å². The molecule has 2 atom stereocenters. The van der Waals surface area contributed by atoms with E-state index >= 15 is 0 Å². The number of urea groups is 1. The molecule has 2 aliphatic heterocycles. The molecule has 2 saturated heterocycles. The molecule has 6 heteroatoms. The van der Waals surface area contributed by atoms with E-state index in [2.05, 4.69) is 18.7 Å². The van der Waals surface area contributed by atoms with Crippen LogP contribution in [-0.4, -0.2) is 76.6 Å². The van der Waals surface area contributed by atoms with E-state index in [0.717, 1.165) is 19.5 Å². The number of hydrogen-bond acceptors (Lipinski definition) is 3. The second-order valence-corrected chi connectivity index (χ2v) is 5.40. The van der Waals surface area contributed by atoms with Gasteiger partial charge in [-0.05, 0) is 26.3 Å². The zero-order chi connectivity index (χ0) is 14.0. The van der Waals surface area contributed by atoms with E-state index in [4.69, 9.17) is 5.11 Å². The van der Waals surface area contributed by atoms with Crippen LogP contribution in [0.25, 0.3) is 0 Å². The van der Waals surface area contributed by atoms with E-state index in [9.17, 15) is 9.59 Å². The van der Waals surface area contributed by atoms with Crippen molar-refractivity contribution in [3.8, 4) is 0 Å². The minimum atomic E-state index is -0.883. The van der Waals surface area contributed by atoms with Crippen LogP contribution in [0.5, 0.6) is 0 Å². The highest BCUT2D eigenvalue weighted by Crippen LogP contribution is 2.20. The Balaban J connectivity index is 1.98. The van der Waals surface area contributed by atoms with Gasteiger partial charge in [0.2, 0.25) is 0 Å². The van der Waals surface area contributed by atoms with Gasteiger partial charge in [0.25, 0.3) is 0 Å². The number of piperazine rings is 1. The maximum absolute atomic E-state index is 12.4. The molecule has 0 bridgehead atoms. The van der Waals surface area contributed by atoms with Crippen molar-refractivity contribution < 1.29 is 14.7 Å². The van der Waals surface area contributed by atoms with Crippen molar-refractivity contribution in [1.29, 1.82) is 0 Å². The molecule has 0 aromatic rings. The summed E-state index contributed by atoms with van der Waals surface area (Å²) in [6.07, 6.45) is 1.36. The summed E-state index contributed by atoms with van der Waals surface area (Å²) >= 11 is 0. The number of amides is 2. The van der Waals surface area contributed by atoms with Gasteiger partial charge in [-0.15, -0.1) is 0 Å². The topological polar surface area (TPSA) is 64.1 Å². The fourth-order valence-corrected chi connectivity index (χ4v) is 3.07. The average molecular weight is 269 g/mol. The standard InChI is InChI=1S/C13H23N3O3/c1-3-14-7-8-15(9-10(14)2)13(19)16-6-4-5-11(16)12(17)18/h10-11H,3-9H2,1-2H3,(H,17,18)/t10?,11-/m1/s1. The molecule has 6 nitrogen and oxygen atoms in total. The van der Waals surface area contributed by atoms with Crippen molar-refractivity contribution in [3.63, 3.8) is 0 Å². The van der Waals surface area contributed by atoms with Gasteiger partial charge in [-0.1, -0.05) is 6.92 Å². The lowest BCUT2D eigenvalue weighted by atomic mass is 10.2. The predicted octanol–water partition coefficient (Wildman–Crippen LogP) is 0.681. The summed E-state index contributed by atoms with van der Waals surface area (Å²) in [4.78, 5) is 29.2. The summed E-state index contributed by atoms with van der Waals surface area (Å²) in [5, 5.41) is 9.14. The zero-order valence-corrected chi connectivity index (χ0v) is 11.7. The molecule has 0 aromatic heterocycles. The number of hydrogen-bond donors (Lipinski definition) is 1. The zero-order valence-electron chi connectivity index (χ0n) is 11.7. The Morgan fingerprint density at radius 1 is 1.26 bits per heavy atom. The van der Waals surface area contributed by atoms with Crippen LogP contribution in [0.4, 0.5) is 4.79 Å². The number of carboxylic acid groups (broad SMARTS) is 1. The molecule has 1 N–H and O–H groups in total. The van der Waals surface area contributed by atoms with Crippen LogP contribution < -0.4 is 0 Å². The third-order valence-electron chi connectivity index (χ3n) is 4.23. The molecule has 2 rings (SSSR count). The summed E-state index contributed by atoms with van der Waals surface area (Å²) in [5.41, 5.74) is 0. The molecule has 2 heterocycles. The SMILES string of the molecule is CCN1CCN(C(=O)N2CCC[C@@H]2C(=O)O)CC1C. The Labute approximate surface area is 114 Å². The van der Waals surface area contributed by atoms with E-state index < -0.39 is 12.0 Å². The van der Waals surface area contributed by atoms with Gasteiger partial charge in [-0.25, -0.2) is 9.59 Å². The van der Waals surface area contributed by atoms with Crippen molar-refractivity contribution in [1.82, 2.24) is 14.7 Å². The van der Waals surface area contributed by atoms with Gasteiger partial charge in [-0.3, -0.25) is 4.90 Å². The van der Waals surface area contributed by atoms with Crippen molar-refractivity contribution in [2.75, 3.05) is 32.7 Å². The van der Waals surface area contributed by atoms with Crippen LogP contribution in [0.2, 0.25) is 0 Å². The fourth-order valence-electron chi connectivity index (χ4n) is 3.07. The number of carbonyl (C=O) groups is 2. The first-order valence-electron chi connectivity index (χ1n) is 7.07. The lowest BCUT2D eigenvalue weighted by molar-refractivity contribution is -0.141. The molecule has 2 aliphatic rings. The lowest BCUT2D eigenvalue weighted by Gasteiger charge is -2.41. The molecule has 108 valence electrons. The Hall–Kier alpha value is -1.30. The highest BCUT2D eigenvalue weighted by molar-refractivity contribution is 5.83. The van der Waals surface area contributed by atoms with Gasteiger partial charge >= 0.3 is 12.0 Å². The van der Waals surface area contributed by atoms with Crippen molar-refractivity contribution in [2.45, 2.75) is 38.8 Å². The normalized spacial score (nSPS) is 28.7. The number of carbonyl (C=O) groups excluding carboxylic acids is 1. The third kappa shape index (κ3) is 2.83. The summed E-state index contributed by atoms with van der Waals surface area (Å²) in [7, 11) is 0. The van der Waals surface area contributed by atoms with E-state index in [1.54, 1.807) is 4.90 Å². The number of likely N-dealkylation sites (N-methyl/N-ethyl adjacent to an activating group) is 1. The monoisotopic (exact) mass is 269 g/mol. The minimum absolute atomic E-state index is 0.104. The summed E-state index contributed by atoms with van der Waals surface area (Å²) in [5.74, 6) is -0.883. The van der Waals surface area contributed by atoms with Gasteiger partial charge in [0.05, 0.1) is 0 Å². The Morgan fingerprint density at radius 2 is 2.00 bits per heavy atom. The Bertz CT molecular complexity index is 361. The van der Waals surface area contributed by atoms with Gasteiger partial charge in [0.15, 0.2) is 0 Å². The number of rotatable bonds is 2. The molecular weight excluding hydrogens is 246 g/mol. The average Bonchev–Trinajstić information content (AvgIpc) is 2.87. The predicted molar refractivity (Wildman–Crippen MR) is 71.0 cm³/mol. The molecule has 0 spiro atoms. The van der Waals surface area contributed by atoms with Crippen molar-refractivity contribution in [2.24, 2.45) is 0 Å². The van der Waals surface area contributed by atoms with Gasteiger partial charge in [-0.2, -0.15) is 0 Å². The molecule has 1 unspecified atom stereocenters. The maximum atomic E-state index is 12.4. The van der Waals surface area contributed by atoms with E-state index in [1.165, 1.54) is 4.90 Å². The van der Waals surface area contributed by atoms with E-state index in [0.29, 0.717) is 32.1 Å². The lowest BCUT2D eigenvalue weighted by Crippen LogP contribution is -2.57. The van der Waals surface area contributed by atoms with E-state index in [1.807, 2.05) is 0 Å². The fraction of sp³-hybridized carbons (Fsp3) is 0.846. The Kier molecular flexibility index (Phi) is 4.29. The number of aliphatic carboxylic acids is 1. The third-order valence-corrected chi connectivity index (χ3v) is 4.23. The Morgan fingerprint density at radius 3 is 2.58 bits per heavy atom. The largest absolute Gasteiger partial charge is 0.480 e. The first kappa shape index (κ1) is 14.1. The van der Waals surface area contributed by atoms with Gasteiger partial charge < -0.3 is 14.9 Å². The number of likely N-dealkylation sites (tertiary alicyclic amines) is 1. The number of nitrogens with zero attached hydrogens (tertiary/aromatic N) is 3. The quantitative estimate of drug-likeness (QED) is 0.801. The summed E-state index contributed by atoms with van der Waals surface area (Å²) in [6.45, 7) is 8.05. The van der Waals surface area contributed by atoms with Crippen LogP contribution in [0, 0.1) is 0 Å². The maximum Gasteiger partial charge on any atom is 0.326 e. The van der Waals surface area contributed by atoms with Crippen LogP contribution in [0.15, 0.2) is 0 Å². The molecule has 0 saturated carbocycles. The van der Waals surface area contributed by atoms with Gasteiger partial charge in [0.1, 0.15) is 6.04 Å². The highest BCUT2D eigenvalue weighted by Gasteiger charge is 2.37. The highest BCUT2D eigenvalue weighted by atomic mass is 16.4. The molecule has 2 fully saturated rings. The first-order valence-corrected chi connectivity index (χ1v) is 7.07. The van der Waals surface area contributed by atoms with Crippen molar-refractivity contribution >= 4 is 12.0 Å². The summed E-state index contributed by atoms with van der Waals surface area (Å²) in [6, 6.07) is -0.395. The molecule has 0 radical (unpaired) electrons. The molecule has 0 aromatic carbocycles. The summed E-state index contributed by atoms with van der Waals surface area (Å²) < 4.78 is 0.